The molecule has 1 aromatic carbocycles. The Labute approximate surface area is 142 Å². The van der Waals surface area contributed by atoms with Crippen LogP contribution in [0.15, 0.2) is 44.7 Å². The zero-order valence-electron chi connectivity index (χ0n) is 14.7. The predicted molar refractivity (Wildman–Crippen MR) is 97.0 cm³/mol. The molecule has 0 amide bonds. The fraction of sp³-hybridized carbons (Fsp3) is 0.421. The lowest BCUT2D eigenvalue weighted by molar-refractivity contribution is 0.294. The maximum atomic E-state index is 11.7. The molecule has 128 valence electrons. The summed E-state index contributed by atoms with van der Waals surface area (Å²) >= 11 is 0. The number of rotatable bonds is 7. The molecule has 0 aliphatic carbocycles. The number of hydrogen-bond acceptors (Lipinski definition) is 5. The van der Waals surface area contributed by atoms with Crippen LogP contribution in [0.1, 0.15) is 45.7 Å². The average Bonchev–Trinajstić information content (AvgIpc) is 2.54. The first-order valence-electron chi connectivity index (χ1n) is 8.24. The van der Waals surface area contributed by atoms with Crippen molar-refractivity contribution in [2.45, 2.75) is 40.0 Å². The van der Waals surface area contributed by atoms with Crippen LogP contribution < -0.4 is 10.5 Å². The van der Waals surface area contributed by atoms with E-state index in [1.54, 1.807) is 12.4 Å². The third-order valence-electron chi connectivity index (χ3n) is 3.68. The summed E-state index contributed by atoms with van der Waals surface area (Å²) < 4.78 is 11.1. The second-order valence-corrected chi connectivity index (χ2v) is 6.02. The number of ether oxygens (including phenoxy) is 1. The van der Waals surface area contributed by atoms with Crippen molar-refractivity contribution in [1.82, 2.24) is 4.98 Å². The van der Waals surface area contributed by atoms with E-state index in [9.17, 15) is 4.79 Å². The number of para-hydroxylation sites is 1. The Balaban J connectivity index is 2.17. The Morgan fingerprint density at radius 3 is 2.83 bits per heavy atom. The van der Waals surface area contributed by atoms with Crippen LogP contribution in [0.3, 0.4) is 0 Å². The number of benzene rings is 1. The zero-order chi connectivity index (χ0) is 17.5. The first kappa shape index (κ1) is 17.9. The molecule has 5 nitrogen and oxygen atoms in total. The van der Waals surface area contributed by atoms with Crippen molar-refractivity contribution < 1.29 is 9.15 Å². The van der Waals surface area contributed by atoms with E-state index < -0.39 is 5.76 Å². The summed E-state index contributed by atoms with van der Waals surface area (Å²) in [6, 6.07) is 5.61. The van der Waals surface area contributed by atoms with Gasteiger partial charge in [-0.25, -0.2) is 4.79 Å². The smallest absolute Gasteiger partial charge is 0.439 e. The van der Waals surface area contributed by atoms with Gasteiger partial charge in [0.25, 0.3) is 0 Å². The fourth-order valence-electron chi connectivity index (χ4n) is 2.38. The van der Waals surface area contributed by atoms with E-state index in [0.717, 1.165) is 17.5 Å². The van der Waals surface area contributed by atoms with Crippen molar-refractivity contribution in [3.8, 4) is 5.75 Å². The van der Waals surface area contributed by atoms with Gasteiger partial charge in [0, 0.05) is 17.8 Å². The highest BCUT2D eigenvalue weighted by Crippen LogP contribution is 2.29. The summed E-state index contributed by atoms with van der Waals surface area (Å²) in [6.07, 6.45) is 6.42. The van der Waals surface area contributed by atoms with Crippen LogP contribution >= 0.6 is 0 Å². The summed E-state index contributed by atoms with van der Waals surface area (Å²) in [5, 5.41) is 0.826. The molecule has 1 atom stereocenters. The van der Waals surface area contributed by atoms with E-state index >= 15 is 0 Å². The molecule has 0 saturated heterocycles. The molecule has 1 unspecified atom stereocenters. The van der Waals surface area contributed by atoms with Crippen molar-refractivity contribution in [3.63, 3.8) is 0 Å². The molecule has 2 rings (SSSR count). The van der Waals surface area contributed by atoms with Crippen LogP contribution in [-0.2, 0) is 0 Å². The second-order valence-electron chi connectivity index (χ2n) is 6.02. The van der Waals surface area contributed by atoms with Gasteiger partial charge in [-0.15, -0.1) is 0 Å². The molecule has 1 aromatic heterocycles. The quantitative estimate of drug-likeness (QED) is 0.710. The second kappa shape index (κ2) is 8.43. The lowest BCUT2D eigenvalue weighted by Gasteiger charge is -2.12. The van der Waals surface area contributed by atoms with Crippen molar-refractivity contribution in [3.05, 3.63) is 46.7 Å². The number of allylic oxidation sites excluding steroid dienone is 1. The first-order chi connectivity index (χ1) is 11.5. The summed E-state index contributed by atoms with van der Waals surface area (Å²) in [5.74, 6) is 0.479. The highest BCUT2D eigenvalue weighted by molar-refractivity contribution is 5.84. The van der Waals surface area contributed by atoms with E-state index in [-0.39, 0.29) is 5.92 Å². The Morgan fingerprint density at radius 2 is 2.12 bits per heavy atom. The van der Waals surface area contributed by atoms with Gasteiger partial charge in [0.2, 0.25) is 0 Å². The lowest BCUT2D eigenvalue weighted by Crippen LogP contribution is -2.10. The molecule has 0 spiro atoms. The molecule has 0 bridgehead atoms. The minimum Gasteiger partial charge on any atom is -0.490 e. The van der Waals surface area contributed by atoms with E-state index in [0.29, 0.717) is 23.9 Å². The van der Waals surface area contributed by atoms with Crippen LogP contribution in [0.4, 0.5) is 0 Å². The van der Waals surface area contributed by atoms with Crippen LogP contribution in [0.2, 0.25) is 0 Å². The van der Waals surface area contributed by atoms with Gasteiger partial charge in [0.1, 0.15) is 0 Å². The van der Waals surface area contributed by atoms with Gasteiger partial charge < -0.3 is 9.15 Å². The van der Waals surface area contributed by atoms with E-state index in [4.69, 9.17) is 9.15 Å². The van der Waals surface area contributed by atoms with E-state index in [2.05, 4.69) is 16.9 Å². The zero-order valence-corrected chi connectivity index (χ0v) is 14.7. The highest BCUT2D eigenvalue weighted by atomic mass is 16.5. The molecule has 24 heavy (non-hydrogen) atoms. The Bertz CT molecular complexity index is 791. The minimum atomic E-state index is -0.587. The molecule has 0 fully saturated rings. The number of nitrogens with zero attached hydrogens (tertiary/aromatic N) is 2. The summed E-state index contributed by atoms with van der Waals surface area (Å²) in [6.45, 7) is 8.52. The fourth-order valence-corrected chi connectivity index (χ4v) is 2.38. The summed E-state index contributed by atoms with van der Waals surface area (Å²) in [5.41, 5.74) is 1.21. The molecule has 0 N–H and O–H groups in total. The third kappa shape index (κ3) is 4.54. The van der Waals surface area contributed by atoms with Crippen molar-refractivity contribution in [1.29, 1.82) is 0 Å². The van der Waals surface area contributed by atoms with Crippen molar-refractivity contribution in [2.75, 3.05) is 6.61 Å². The van der Waals surface area contributed by atoms with Gasteiger partial charge in [-0.2, -0.15) is 4.98 Å². The SMILES string of the molecule is CC=N/C=C\C(C)CCOc1cccc2c(C(C)C)nc(=O)oc12. The molecular formula is C19H24N2O3. The molecule has 0 radical (unpaired) electrons. The Morgan fingerprint density at radius 1 is 1.33 bits per heavy atom. The minimum absolute atomic E-state index is 0.135. The van der Waals surface area contributed by atoms with Crippen LogP contribution in [0, 0.1) is 5.92 Å². The Hall–Kier alpha value is -2.43. The normalized spacial score (nSPS) is 13.4. The average molecular weight is 328 g/mol. The molecule has 1 heterocycles. The lowest BCUT2D eigenvalue weighted by atomic mass is 10.1. The number of aromatic nitrogens is 1. The molecular weight excluding hydrogens is 304 g/mol. The van der Waals surface area contributed by atoms with Crippen LogP contribution in [0.5, 0.6) is 5.75 Å². The van der Waals surface area contributed by atoms with Crippen molar-refractivity contribution in [2.24, 2.45) is 10.9 Å². The van der Waals surface area contributed by atoms with Gasteiger partial charge in [-0.1, -0.05) is 32.9 Å². The topological polar surface area (TPSA) is 64.7 Å². The van der Waals surface area contributed by atoms with E-state index in [1.807, 2.05) is 45.0 Å². The molecule has 0 saturated carbocycles. The predicted octanol–water partition coefficient (Wildman–Crippen LogP) is 4.32. The number of hydrogen-bond donors (Lipinski definition) is 0. The maximum absolute atomic E-state index is 11.7. The maximum Gasteiger partial charge on any atom is 0.439 e. The molecule has 0 aliphatic rings. The number of aliphatic imine (C=N–C) groups is 1. The third-order valence-corrected chi connectivity index (χ3v) is 3.68. The van der Waals surface area contributed by atoms with Gasteiger partial charge in [0.05, 0.1) is 12.3 Å². The van der Waals surface area contributed by atoms with Gasteiger partial charge in [0.15, 0.2) is 11.3 Å². The van der Waals surface area contributed by atoms with Gasteiger partial charge >= 0.3 is 5.76 Å². The van der Waals surface area contributed by atoms with Crippen LogP contribution in [-0.4, -0.2) is 17.8 Å². The first-order valence-corrected chi connectivity index (χ1v) is 8.24. The van der Waals surface area contributed by atoms with Gasteiger partial charge in [-0.3, -0.25) is 4.99 Å². The summed E-state index contributed by atoms with van der Waals surface area (Å²) in [7, 11) is 0. The molecule has 0 aliphatic heterocycles. The standard InChI is InChI=1S/C19H24N2O3/c1-5-20-11-9-14(4)10-12-23-16-8-6-7-15-17(13(2)3)21-19(22)24-18(15)16/h5-9,11,13-14H,10,12H2,1-4H3/b11-9-,20-5?. The van der Waals surface area contributed by atoms with E-state index in [1.165, 1.54) is 0 Å². The van der Waals surface area contributed by atoms with Crippen molar-refractivity contribution >= 4 is 17.2 Å². The van der Waals surface area contributed by atoms with Gasteiger partial charge in [-0.05, 0) is 37.3 Å². The molecule has 5 heteroatoms. The van der Waals surface area contributed by atoms with Crippen LogP contribution in [0.25, 0.3) is 11.0 Å². The highest BCUT2D eigenvalue weighted by Gasteiger charge is 2.14. The summed E-state index contributed by atoms with van der Waals surface area (Å²) in [4.78, 5) is 19.8. The number of fused-ring (bicyclic) bond motifs is 1. The monoisotopic (exact) mass is 328 g/mol. The molecule has 2 aromatic rings. The Kier molecular flexibility index (Phi) is 6.29. The largest absolute Gasteiger partial charge is 0.490 e.